The van der Waals surface area contributed by atoms with Crippen molar-refractivity contribution in [3.63, 3.8) is 0 Å². The van der Waals surface area contributed by atoms with Gasteiger partial charge in [-0.2, -0.15) is 5.10 Å². The second-order valence-electron chi connectivity index (χ2n) is 6.40. The molecule has 0 fully saturated rings. The van der Waals surface area contributed by atoms with Crippen molar-refractivity contribution in [3.05, 3.63) is 83.9 Å². The first kappa shape index (κ1) is 19.7. The largest absolute Gasteiger partial charge is 0.493 e. The van der Waals surface area contributed by atoms with Crippen LogP contribution in [0.15, 0.2) is 78.3 Å². The Morgan fingerprint density at radius 1 is 1.03 bits per heavy atom. The van der Waals surface area contributed by atoms with Gasteiger partial charge in [0.05, 0.1) is 29.8 Å². The molecule has 0 atom stereocenters. The molecule has 0 unspecified atom stereocenters. The number of para-hydroxylation sites is 3. The first-order chi connectivity index (χ1) is 14.8. The summed E-state index contributed by atoms with van der Waals surface area (Å²) in [4.78, 5) is 13.8. The number of aromatic nitrogens is 2. The fourth-order valence-electron chi connectivity index (χ4n) is 3.01. The Hall–Kier alpha value is -3.58. The number of amides is 1. The van der Waals surface area contributed by atoms with E-state index in [-0.39, 0.29) is 5.91 Å². The molecule has 1 N–H and O–H groups in total. The second kappa shape index (κ2) is 9.28. The van der Waals surface area contributed by atoms with Gasteiger partial charge in [0.25, 0.3) is 5.91 Å². The molecule has 0 spiro atoms. The maximum Gasteiger partial charge on any atom is 0.255 e. The molecule has 30 heavy (non-hydrogen) atoms. The lowest BCUT2D eigenvalue weighted by Gasteiger charge is -2.10. The summed E-state index contributed by atoms with van der Waals surface area (Å²) in [7, 11) is 1.60. The highest BCUT2D eigenvalue weighted by molar-refractivity contribution is 7.13. The van der Waals surface area contributed by atoms with Gasteiger partial charge < -0.3 is 14.8 Å². The zero-order chi connectivity index (χ0) is 20.8. The number of thiophene rings is 1. The average Bonchev–Trinajstić information content (AvgIpc) is 3.47. The molecule has 4 rings (SSSR count). The summed E-state index contributed by atoms with van der Waals surface area (Å²) in [6.45, 7) is 0.685. The van der Waals surface area contributed by atoms with Gasteiger partial charge >= 0.3 is 0 Å². The van der Waals surface area contributed by atoms with Crippen LogP contribution in [0.1, 0.15) is 10.4 Å². The van der Waals surface area contributed by atoms with Gasteiger partial charge in [0.2, 0.25) is 0 Å². The van der Waals surface area contributed by atoms with E-state index in [0.717, 1.165) is 10.6 Å². The third kappa shape index (κ3) is 4.36. The van der Waals surface area contributed by atoms with E-state index in [4.69, 9.17) is 9.47 Å². The molecule has 0 aliphatic carbocycles. The number of carbonyl (C=O) groups excluding carboxylic acids is 1. The first-order valence-electron chi connectivity index (χ1n) is 9.49. The van der Waals surface area contributed by atoms with E-state index in [2.05, 4.69) is 10.4 Å². The smallest absolute Gasteiger partial charge is 0.255 e. The molecule has 4 aromatic rings. The minimum Gasteiger partial charge on any atom is -0.493 e. The summed E-state index contributed by atoms with van der Waals surface area (Å²) in [5.74, 6) is 1.11. The average molecular weight is 420 g/mol. The van der Waals surface area contributed by atoms with E-state index < -0.39 is 0 Å². The van der Waals surface area contributed by atoms with Crippen LogP contribution in [0.2, 0.25) is 0 Å². The highest BCUT2D eigenvalue weighted by atomic mass is 32.1. The number of ether oxygens (including phenoxy) is 2. The second-order valence-corrected chi connectivity index (χ2v) is 7.35. The summed E-state index contributed by atoms with van der Waals surface area (Å²) < 4.78 is 12.7. The predicted octanol–water partition coefficient (Wildman–Crippen LogP) is 4.42. The van der Waals surface area contributed by atoms with E-state index in [9.17, 15) is 4.79 Å². The van der Waals surface area contributed by atoms with Crippen molar-refractivity contribution in [1.82, 2.24) is 15.1 Å². The van der Waals surface area contributed by atoms with Crippen molar-refractivity contribution in [2.75, 3.05) is 20.3 Å². The van der Waals surface area contributed by atoms with Crippen molar-refractivity contribution in [3.8, 4) is 27.8 Å². The minimum atomic E-state index is -0.191. The fraction of sp³-hybridized carbons (Fsp3) is 0.130. The number of carbonyl (C=O) groups is 1. The van der Waals surface area contributed by atoms with Crippen LogP contribution in [0.25, 0.3) is 16.3 Å². The van der Waals surface area contributed by atoms with Crippen LogP contribution >= 0.6 is 11.3 Å². The molecule has 0 aliphatic rings. The topological polar surface area (TPSA) is 65.4 Å². The molecular weight excluding hydrogens is 398 g/mol. The van der Waals surface area contributed by atoms with Crippen LogP contribution in [0.4, 0.5) is 0 Å². The zero-order valence-electron chi connectivity index (χ0n) is 16.4. The maximum atomic E-state index is 12.9. The third-order valence-electron chi connectivity index (χ3n) is 4.45. The number of nitrogens with zero attached hydrogens (tertiary/aromatic N) is 2. The summed E-state index contributed by atoms with van der Waals surface area (Å²) in [6, 6.07) is 21.1. The number of hydrogen-bond acceptors (Lipinski definition) is 5. The van der Waals surface area contributed by atoms with Crippen LogP contribution in [-0.2, 0) is 0 Å². The number of nitrogens with one attached hydrogen (secondary N) is 1. The van der Waals surface area contributed by atoms with Crippen molar-refractivity contribution >= 4 is 17.2 Å². The number of hydrogen-bond donors (Lipinski definition) is 1. The Labute approximate surface area is 178 Å². The number of benzene rings is 2. The van der Waals surface area contributed by atoms with Gasteiger partial charge in [-0.1, -0.05) is 36.4 Å². The predicted molar refractivity (Wildman–Crippen MR) is 118 cm³/mol. The molecule has 2 aromatic carbocycles. The van der Waals surface area contributed by atoms with Gasteiger partial charge in [-0.25, -0.2) is 4.68 Å². The summed E-state index contributed by atoms with van der Waals surface area (Å²) in [5.41, 5.74) is 2.09. The molecule has 0 saturated heterocycles. The molecule has 0 bridgehead atoms. The van der Waals surface area contributed by atoms with Crippen LogP contribution < -0.4 is 14.8 Å². The number of methoxy groups -OCH3 is 1. The lowest BCUT2D eigenvalue weighted by atomic mass is 10.2. The monoisotopic (exact) mass is 419 g/mol. The quantitative estimate of drug-likeness (QED) is 0.430. The first-order valence-corrected chi connectivity index (χ1v) is 10.4. The van der Waals surface area contributed by atoms with E-state index in [1.165, 1.54) is 0 Å². The zero-order valence-corrected chi connectivity index (χ0v) is 17.3. The molecule has 2 heterocycles. The van der Waals surface area contributed by atoms with E-state index >= 15 is 0 Å². The Bertz CT molecular complexity index is 1110. The molecule has 0 aliphatic heterocycles. The molecule has 6 nitrogen and oxygen atoms in total. The summed E-state index contributed by atoms with van der Waals surface area (Å²) >= 11 is 1.55. The van der Waals surface area contributed by atoms with Crippen molar-refractivity contribution in [2.24, 2.45) is 0 Å². The Balaban J connectivity index is 1.47. The van der Waals surface area contributed by atoms with Gasteiger partial charge in [0, 0.05) is 6.20 Å². The maximum absolute atomic E-state index is 12.9. The molecular formula is C23H21N3O3S. The Morgan fingerprint density at radius 2 is 1.80 bits per heavy atom. The summed E-state index contributed by atoms with van der Waals surface area (Å²) in [5, 5.41) is 9.55. The number of rotatable bonds is 8. The fourth-order valence-corrected chi connectivity index (χ4v) is 3.73. The van der Waals surface area contributed by atoms with Crippen molar-refractivity contribution in [2.45, 2.75) is 0 Å². The molecule has 1 amide bonds. The molecule has 0 saturated carbocycles. The van der Waals surface area contributed by atoms with Crippen LogP contribution in [0.3, 0.4) is 0 Å². The molecule has 2 aromatic heterocycles. The van der Waals surface area contributed by atoms with E-state index in [1.54, 1.807) is 29.3 Å². The Morgan fingerprint density at radius 3 is 2.53 bits per heavy atom. The van der Waals surface area contributed by atoms with E-state index in [1.807, 2.05) is 72.1 Å². The highest BCUT2D eigenvalue weighted by Crippen LogP contribution is 2.28. The Kier molecular flexibility index (Phi) is 6.10. The van der Waals surface area contributed by atoms with Gasteiger partial charge in [-0.05, 0) is 35.7 Å². The minimum absolute atomic E-state index is 0.191. The van der Waals surface area contributed by atoms with Crippen molar-refractivity contribution in [1.29, 1.82) is 0 Å². The van der Waals surface area contributed by atoms with Gasteiger partial charge in [0.15, 0.2) is 11.5 Å². The third-order valence-corrected chi connectivity index (χ3v) is 5.33. The standard InChI is InChI=1S/C23H21N3O3S/c1-28-19-10-5-6-11-20(19)29-14-13-24-23(27)18-16-26(17-8-3-2-4-9-17)25-22(18)21-12-7-15-30-21/h2-12,15-16H,13-14H2,1H3,(H,24,27). The van der Waals surface area contributed by atoms with Gasteiger partial charge in [0.1, 0.15) is 12.3 Å². The normalized spacial score (nSPS) is 10.6. The lowest BCUT2D eigenvalue weighted by Crippen LogP contribution is -2.28. The summed E-state index contributed by atoms with van der Waals surface area (Å²) in [6.07, 6.45) is 1.76. The van der Waals surface area contributed by atoms with Gasteiger partial charge in [-0.15, -0.1) is 11.3 Å². The van der Waals surface area contributed by atoms with Crippen LogP contribution in [-0.4, -0.2) is 35.9 Å². The highest BCUT2D eigenvalue weighted by Gasteiger charge is 2.19. The molecule has 7 heteroatoms. The lowest BCUT2D eigenvalue weighted by molar-refractivity contribution is 0.0947. The van der Waals surface area contributed by atoms with E-state index in [0.29, 0.717) is 35.9 Å². The van der Waals surface area contributed by atoms with Crippen LogP contribution in [0.5, 0.6) is 11.5 Å². The SMILES string of the molecule is COc1ccccc1OCCNC(=O)c1cn(-c2ccccc2)nc1-c1cccs1. The van der Waals surface area contributed by atoms with Crippen molar-refractivity contribution < 1.29 is 14.3 Å². The van der Waals surface area contributed by atoms with Gasteiger partial charge in [-0.3, -0.25) is 4.79 Å². The molecule has 0 radical (unpaired) electrons. The van der Waals surface area contributed by atoms with Crippen LogP contribution in [0, 0.1) is 0 Å². The molecule has 152 valence electrons.